The molecule has 0 aliphatic rings. The van der Waals surface area contributed by atoms with Crippen LogP contribution in [-0.2, 0) is 16.6 Å². The van der Waals surface area contributed by atoms with Crippen molar-refractivity contribution in [1.29, 1.82) is 0 Å². The van der Waals surface area contributed by atoms with E-state index in [0.717, 1.165) is 11.8 Å². The van der Waals surface area contributed by atoms with E-state index in [-0.39, 0.29) is 19.1 Å². The average molecular weight is 373 g/mol. The largest absolute Gasteiger partial charge is 0.493 e. The first-order chi connectivity index (χ1) is 11.7. The highest BCUT2D eigenvalue weighted by Crippen LogP contribution is 2.31. The Morgan fingerprint density at radius 3 is 2.52 bits per heavy atom. The molecule has 8 nitrogen and oxygen atoms in total. The van der Waals surface area contributed by atoms with Crippen LogP contribution in [0.15, 0.2) is 18.2 Å². The highest BCUT2D eigenvalue weighted by atomic mass is 32.2. The van der Waals surface area contributed by atoms with Crippen LogP contribution in [0.3, 0.4) is 0 Å². The number of para-hydroxylation sites is 1. The number of carbonyl (C=O) groups is 1. The molecule has 2 amide bonds. The maximum atomic E-state index is 12.2. The van der Waals surface area contributed by atoms with Gasteiger partial charge in [0.2, 0.25) is 10.0 Å². The number of nitrogens with zero attached hydrogens (tertiary/aromatic N) is 2. The molecule has 1 rings (SSSR count). The molecule has 142 valence electrons. The minimum Gasteiger partial charge on any atom is -0.493 e. The number of likely N-dealkylation sites (N-methyl/N-ethyl adjacent to an activating group) is 1. The molecule has 0 radical (unpaired) electrons. The van der Waals surface area contributed by atoms with Gasteiger partial charge in [-0.1, -0.05) is 12.1 Å². The topological polar surface area (TPSA) is 88.2 Å². The van der Waals surface area contributed by atoms with Crippen LogP contribution in [0.4, 0.5) is 4.79 Å². The molecule has 1 N–H and O–H groups in total. The second-order valence-electron chi connectivity index (χ2n) is 5.55. The summed E-state index contributed by atoms with van der Waals surface area (Å²) in [5.74, 6) is 1.23. The molecule has 1 aromatic carbocycles. The molecule has 0 bridgehead atoms. The molecule has 0 aliphatic heterocycles. The number of benzene rings is 1. The Labute approximate surface area is 149 Å². The molecule has 0 aliphatic carbocycles. The number of nitrogens with one attached hydrogen (secondary N) is 1. The fraction of sp³-hybridized carbons (Fsp3) is 0.562. The number of sulfonamides is 1. The number of hydrogen-bond acceptors (Lipinski definition) is 5. The quantitative estimate of drug-likeness (QED) is 0.701. The third-order valence-electron chi connectivity index (χ3n) is 3.59. The summed E-state index contributed by atoms with van der Waals surface area (Å²) in [5, 5.41) is 2.69. The van der Waals surface area contributed by atoms with Gasteiger partial charge in [-0.3, -0.25) is 0 Å². The minimum absolute atomic E-state index is 0.210. The van der Waals surface area contributed by atoms with Gasteiger partial charge in [0, 0.05) is 32.7 Å². The molecule has 0 unspecified atom stereocenters. The number of amides is 2. The van der Waals surface area contributed by atoms with Crippen molar-refractivity contribution in [3.05, 3.63) is 23.8 Å². The number of hydrogen-bond donors (Lipinski definition) is 1. The van der Waals surface area contributed by atoms with Crippen LogP contribution in [0, 0.1) is 0 Å². The van der Waals surface area contributed by atoms with E-state index in [1.165, 1.54) is 16.3 Å². The van der Waals surface area contributed by atoms with Crippen LogP contribution in [0.25, 0.3) is 0 Å². The molecule has 9 heteroatoms. The van der Waals surface area contributed by atoms with Gasteiger partial charge in [0.15, 0.2) is 11.5 Å². The monoisotopic (exact) mass is 373 g/mol. The SMILES string of the molecule is CCOc1c(CN(C)C(=O)NCCN(C)S(C)(=O)=O)cccc1OC. The van der Waals surface area contributed by atoms with Crippen molar-refractivity contribution in [3.63, 3.8) is 0 Å². The second kappa shape index (κ2) is 9.47. The van der Waals surface area contributed by atoms with Gasteiger partial charge >= 0.3 is 6.03 Å². The number of methoxy groups -OCH3 is 1. The predicted molar refractivity (Wildman–Crippen MR) is 96.5 cm³/mol. The highest BCUT2D eigenvalue weighted by molar-refractivity contribution is 7.88. The van der Waals surface area contributed by atoms with Crippen LogP contribution >= 0.6 is 0 Å². The van der Waals surface area contributed by atoms with Gasteiger partial charge in [-0.05, 0) is 13.0 Å². The van der Waals surface area contributed by atoms with Crippen molar-refractivity contribution in [1.82, 2.24) is 14.5 Å². The Kier molecular flexibility index (Phi) is 7.98. The summed E-state index contributed by atoms with van der Waals surface area (Å²) in [6, 6.07) is 5.21. The van der Waals surface area contributed by atoms with Crippen LogP contribution < -0.4 is 14.8 Å². The lowest BCUT2D eigenvalue weighted by atomic mass is 10.1. The summed E-state index contributed by atoms with van der Waals surface area (Å²) in [5.41, 5.74) is 0.826. The summed E-state index contributed by atoms with van der Waals surface area (Å²) in [4.78, 5) is 13.7. The van der Waals surface area contributed by atoms with E-state index in [4.69, 9.17) is 9.47 Å². The van der Waals surface area contributed by atoms with Gasteiger partial charge in [-0.15, -0.1) is 0 Å². The summed E-state index contributed by atoms with van der Waals surface area (Å²) < 4.78 is 34.8. The minimum atomic E-state index is -3.25. The molecule has 0 heterocycles. The smallest absolute Gasteiger partial charge is 0.317 e. The summed E-state index contributed by atoms with van der Waals surface area (Å²) in [6.45, 7) is 3.14. The molecule has 25 heavy (non-hydrogen) atoms. The molecule has 0 spiro atoms. The number of ether oxygens (including phenoxy) is 2. The van der Waals surface area contributed by atoms with Gasteiger partial charge < -0.3 is 19.7 Å². The van der Waals surface area contributed by atoms with Gasteiger partial charge in [0.25, 0.3) is 0 Å². The summed E-state index contributed by atoms with van der Waals surface area (Å²) >= 11 is 0. The Morgan fingerprint density at radius 1 is 1.28 bits per heavy atom. The van der Waals surface area contributed by atoms with Crippen LogP contribution in [-0.4, -0.2) is 70.8 Å². The van der Waals surface area contributed by atoms with E-state index in [2.05, 4.69) is 5.32 Å². The summed E-state index contributed by atoms with van der Waals surface area (Å²) in [6.07, 6.45) is 1.12. The Balaban J connectivity index is 2.66. The van der Waals surface area contributed by atoms with Crippen molar-refractivity contribution in [2.45, 2.75) is 13.5 Å². The molecule has 0 saturated heterocycles. The van der Waals surface area contributed by atoms with Crippen molar-refractivity contribution >= 4 is 16.1 Å². The maximum Gasteiger partial charge on any atom is 0.317 e. The van der Waals surface area contributed by atoms with Gasteiger partial charge in [-0.25, -0.2) is 17.5 Å². The van der Waals surface area contributed by atoms with Gasteiger partial charge in [-0.2, -0.15) is 0 Å². The first kappa shape index (κ1) is 21.0. The Morgan fingerprint density at radius 2 is 1.96 bits per heavy atom. The number of urea groups is 1. The molecular formula is C16H27N3O5S. The fourth-order valence-corrected chi connectivity index (χ4v) is 2.53. The fourth-order valence-electron chi connectivity index (χ4n) is 2.10. The van der Waals surface area contributed by atoms with Crippen molar-refractivity contribution < 1.29 is 22.7 Å². The lowest BCUT2D eigenvalue weighted by Crippen LogP contribution is -2.41. The summed E-state index contributed by atoms with van der Waals surface area (Å²) in [7, 11) is 1.44. The lowest BCUT2D eigenvalue weighted by molar-refractivity contribution is 0.205. The molecule has 0 atom stereocenters. The van der Waals surface area contributed by atoms with Crippen LogP contribution in [0.1, 0.15) is 12.5 Å². The normalized spacial score (nSPS) is 11.3. The first-order valence-electron chi connectivity index (χ1n) is 7.89. The number of carbonyl (C=O) groups excluding carboxylic acids is 1. The van der Waals surface area contributed by atoms with E-state index in [1.54, 1.807) is 20.2 Å². The molecule has 0 fully saturated rings. The molecule has 0 aromatic heterocycles. The Hall–Kier alpha value is -2.00. The van der Waals surface area contributed by atoms with Crippen molar-refractivity contribution in [2.75, 3.05) is 47.2 Å². The average Bonchev–Trinajstić information content (AvgIpc) is 2.55. The third-order valence-corrected chi connectivity index (χ3v) is 4.91. The predicted octanol–water partition coefficient (Wildman–Crippen LogP) is 1.13. The number of rotatable bonds is 9. The third kappa shape index (κ3) is 6.43. The van der Waals surface area contributed by atoms with E-state index < -0.39 is 10.0 Å². The zero-order valence-electron chi connectivity index (χ0n) is 15.4. The van der Waals surface area contributed by atoms with Crippen molar-refractivity contribution in [2.24, 2.45) is 0 Å². The first-order valence-corrected chi connectivity index (χ1v) is 9.74. The zero-order valence-corrected chi connectivity index (χ0v) is 16.2. The standard InChI is InChI=1S/C16H27N3O5S/c1-6-24-15-13(8-7-9-14(15)23-4)12-18(2)16(20)17-10-11-19(3)25(5,21)22/h7-9H,6,10-12H2,1-5H3,(H,17,20). The highest BCUT2D eigenvalue weighted by Gasteiger charge is 2.16. The maximum absolute atomic E-state index is 12.2. The van der Waals surface area contributed by atoms with E-state index in [9.17, 15) is 13.2 Å². The molecule has 0 saturated carbocycles. The van der Waals surface area contributed by atoms with Gasteiger partial charge in [0.1, 0.15) is 0 Å². The van der Waals surface area contributed by atoms with E-state index in [0.29, 0.717) is 24.7 Å². The second-order valence-corrected chi connectivity index (χ2v) is 7.64. The van der Waals surface area contributed by atoms with E-state index >= 15 is 0 Å². The lowest BCUT2D eigenvalue weighted by Gasteiger charge is -2.21. The van der Waals surface area contributed by atoms with Gasteiger partial charge in [0.05, 0.1) is 26.5 Å². The van der Waals surface area contributed by atoms with E-state index in [1.807, 2.05) is 19.1 Å². The van der Waals surface area contributed by atoms with Crippen LogP contribution in [0.5, 0.6) is 11.5 Å². The van der Waals surface area contributed by atoms with Crippen molar-refractivity contribution in [3.8, 4) is 11.5 Å². The molecule has 1 aromatic rings. The van der Waals surface area contributed by atoms with Crippen LogP contribution in [0.2, 0.25) is 0 Å². The zero-order chi connectivity index (χ0) is 19.0. The molecular weight excluding hydrogens is 346 g/mol. The Bertz CT molecular complexity index is 678.